The number of benzene rings is 2. The maximum atomic E-state index is 13.9. The molecule has 0 atom stereocenters. The minimum atomic E-state index is -4.68. The number of rotatable bonds is 5. The molecule has 0 bridgehead atoms. The number of hydrogen-bond acceptors (Lipinski definition) is 4. The lowest BCUT2D eigenvalue weighted by molar-refractivity contribution is -0.140. The molecule has 1 aliphatic rings. The van der Waals surface area contributed by atoms with Gasteiger partial charge in [0.15, 0.2) is 0 Å². The van der Waals surface area contributed by atoms with Crippen molar-refractivity contribution >= 4 is 38.4 Å². The minimum absolute atomic E-state index is 0.0192. The van der Waals surface area contributed by atoms with Crippen molar-refractivity contribution in [3.63, 3.8) is 0 Å². The molecule has 12 heteroatoms. The number of fused-ring (bicyclic) bond motifs is 1. The van der Waals surface area contributed by atoms with E-state index in [1.807, 2.05) is 0 Å². The van der Waals surface area contributed by atoms with E-state index < -0.39 is 33.3 Å². The number of nitrogens with one attached hydrogen (secondary N) is 1. The van der Waals surface area contributed by atoms with E-state index in [4.69, 9.17) is 16.7 Å². The topological polar surface area (TPSA) is 88.3 Å². The van der Waals surface area contributed by atoms with Crippen molar-refractivity contribution in [1.82, 2.24) is 9.29 Å². The zero-order valence-corrected chi connectivity index (χ0v) is 17.9. The smallest absolute Gasteiger partial charge is 0.383 e. The van der Waals surface area contributed by atoms with Gasteiger partial charge in [-0.15, -0.1) is 0 Å². The number of nitrogens with two attached hydrogens (primary N) is 1. The van der Waals surface area contributed by atoms with Gasteiger partial charge in [0, 0.05) is 41.1 Å². The van der Waals surface area contributed by atoms with E-state index in [1.165, 1.54) is 36.4 Å². The molecule has 170 valence electrons. The molecule has 2 heterocycles. The number of pyridine rings is 1. The molecule has 0 spiro atoms. The van der Waals surface area contributed by atoms with E-state index in [0.717, 1.165) is 10.4 Å². The first kappa shape index (κ1) is 22.7. The van der Waals surface area contributed by atoms with Crippen LogP contribution in [0.1, 0.15) is 11.3 Å². The summed E-state index contributed by atoms with van der Waals surface area (Å²) in [7, 11) is -3.97. The highest BCUT2D eigenvalue weighted by Crippen LogP contribution is 2.38. The Kier molecular flexibility index (Phi) is 5.56. The highest BCUT2D eigenvalue weighted by molar-refractivity contribution is 7.86. The lowest BCUT2D eigenvalue weighted by atomic mass is 9.75. The summed E-state index contributed by atoms with van der Waals surface area (Å²) in [5.41, 5.74) is -1.28. The third-order valence-electron chi connectivity index (χ3n) is 5.43. The Morgan fingerprint density at radius 2 is 1.88 bits per heavy atom. The predicted molar refractivity (Wildman–Crippen MR) is 113 cm³/mol. The summed E-state index contributed by atoms with van der Waals surface area (Å²) in [6.07, 6.45) is -4.68. The molecule has 4 rings (SSSR count). The van der Waals surface area contributed by atoms with Crippen LogP contribution < -0.4 is 10.5 Å². The first-order valence-electron chi connectivity index (χ1n) is 9.33. The quantitative estimate of drug-likeness (QED) is 0.533. The van der Waals surface area contributed by atoms with Crippen LogP contribution in [-0.4, -0.2) is 37.3 Å². The molecule has 1 fully saturated rings. The van der Waals surface area contributed by atoms with Gasteiger partial charge in [-0.1, -0.05) is 23.7 Å². The van der Waals surface area contributed by atoms with E-state index >= 15 is 0 Å². The second-order valence-corrected chi connectivity index (χ2v) is 9.65. The maximum absolute atomic E-state index is 13.9. The van der Waals surface area contributed by atoms with Crippen molar-refractivity contribution in [3.05, 3.63) is 70.6 Å². The second kappa shape index (κ2) is 7.84. The molecule has 1 saturated heterocycles. The molecule has 1 aliphatic heterocycles. The molecule has 3 N–H and O–H groups in total. The molecule has 2 aromatic carbocycles. The standard InChI is InChI=1S/C20H17ClF4N4O2S/c21-13-4-5-16-15(7-13)17(8-18(28-16)20(23,24)25)27-9-19(10-29(11-19)32(26,30)31)12-2-1-3-14(22)6-12/h1-8H,9-11H2,(H,27,28)(H2,26,30,31). The summed E-state index contributed by atoms with van der Waals surface area (Å²) in [6.45, 7) is -0.0955. The Balaban J connectivity index is 1.73. The number of nitrogens with zero attached hydrogens (tertiary/aromatic N) is 2. The fourth-order valence-corrected chi connectivity index (χ4v) is 4.80. The van der Waals surface area contributed by atoms with Crippen molar-refractivity contribution in [2.24, 2.45) is 5.14 Å². The van der Waals surface area contributed by atoms with Crippen LogP contribution in [0.15, 0.2) is 48.5 Å². The van der Waals surface area contributed by atoms with Crippen LogP contribution in [0.4, 0.5) is 23.2 Å². The number of aromatic nitrogens is 1. The fraction of sp³-hybridized carbons (Fsp3) is 0.250. The van der Waals surface area contributed by atoms with Gasteiger partial charge in [0.25, 0.3) is 10.2 Å². The average molecular weight is 489 g/mol. The monoisotopic (exact) mass is 488 g/mol. The van der Waals surface area contributed by atoms with Gasteiger partial charge >= 0.3 is 6.18 Å². The molecule has 0 unspecified atom stereocenters. The van der Waals surface area contributed by atoms with Gasteiger partial charge in [-0.05, 0) is 42.0 Å². The Morgan fingerprint density at radius 1 is 1.16 bits per heavy atom. The molecule has 0 amide bonds. The third kappa shape index (κ3) is 4.38. The van der Waals surface area contributed by atoms with E-state index in [0.29, 0.717) is 16.0 Å². The van der Waals surface area contributed by atoms with E-state index in [1.54, 1.807) is 6.07 Å². The molecular formula is C20H17ClF4N4O2S. The Hall–Kier alpha value is -2.47. The lowest BCUT2D eigenvalue weighted by Crippen LogP contribution is -2.65. The maximum Gasteiger partial charge on any atom is 0.433 e. The fourth-order valence-electron chi connectivity index (χ4n) is 3.78. The summed E-state index contributed by atoms with van der Waals surface area (Å²) >= 11 is 6.02. The van der Waals surface area contributed by atoms with Crippen LogP contribution in [0.25, 0.3) is 10.9 Å². The molecule has 1 aromatic heterocycles. The van der Waals surface area contributed by atoms with Crippen LogP contribution >= 0.6 is 11.6 Å². The third-order valence-corrected chi connectivity index (χ3v) is 6.65. The zero-order chi connectivity index (χ0) is 23.3. The zero-order valence-electron chi connectivity index (χ0n) is 16.3. The lowest BCUT2D eigenvalue weighted by Gasteiger charge is -2.49. The molecule has 3 aromatic rings. The van der Waals surface area contributed by atoms with Crippen molar-refractivity contribution in [2.75, 3.05) is 25.0 Å². The molecule has 0 aliphatic carbocycles. The summed E-state index contributed by atoms with van der Waals surface area (Å²) in [4.78, 5) is 3.66. The van der Waals surface area contributed by atoms with Crippen molar-refractivity contribution in [3.8, 4) is 0 Å². The van der Waals surface area contributed by atoms with Gasteiger partial charge in [0.2, 0.25) is 0 Å². The summed E-state index contributed by atoms with van der Waals surface area (Å²) in [5.74, 6) is -0.517. The normalized spacial score (nSPS) is 16.7. The SMILES string of the molecule is NS(=O)(=O)N1CC(CNc2cc(C(F)(F)F)nc3ccc(Cl)cc23)(c2cccc(F)c2)C1. The van der Waals surface area contributed by atoms with E-state index in [-0.39, 0.29) is 30.8 Å². The second-order valence-electron chi connectivity index (χ2n) is 7.67. The highest BCUT2D eigenvalue weighted by Gasteiger charge is 2.48. The number of anilines is 1. The van der Waals surface area contributed by atoms with Crippen LogP contribution in [0.3, 0.4) is 0 Å². The van der Waals surface area contributed by atoms with Gasteiger partial charge in [-0.3, -0.25) is 0 Å². The summed E-state index contributed by atoms with van der Waals surface area (Å²) in [5, 5.41) is 8.84. The van der Waals surface area contributed by atoms with E-state index in [2.05, 4.69) is 10.3 Å². The van der Waals surface area contributed by atoms with Crippen LogP contribution in [-0.2, 0) is 21.8 Å². The van der Waals surface area contributed by atoms with Crippen LogP contribution in [0, 0.1) is 5.82 Å². The highest BCUT2D eigenvalue weighted by atomic mass is 35.5. The van der Waals surface area contributed by atoms with E-state index in [9.17, 15) is 26.0 Å². The summed E-state index contributed by atoms with van der Waals surface area (Å²) in [6, 6.07) is 10.8. The van der Waals surface area contributed by atoms with Gasteiger partial charge in [-0.25, -0.2) is 14.5 Å². The molecule has 0 saturated carbocycles. The Bertz CT molecular complexity index is 1290. The summed E-state index contributed by atoms with van der Waals surface area (Å²) < 4.78 is 78.4. The molecule has 0 radical (unpaired) electrons. The average Bonchev–Trinajstić information content (AvgIpc) is 2.65. The molecular weight excluding hydrogens is 472 g/mol. The minimum Gasteiger partial charge on any atom is -0.383 e. The van der Waals surface area contributed by atoms with Crippen molar-refractivity contribution in [2.45, 2.75) is 11.6 Å². The first-order chi connectivity index (χ1) is 14.9. The number of hydrogen-bond donors (Lipinski definition) is 2. The Morgan fingerprint density at radius 3 is 2.50 bits per heavy atom. The van der Waals surface area contributed by atoms with Gasteiger partial charge in [0.05, 0.1) is 5.52 Å². The first-order valence-corrected chi connectivity index (χ1v) is 11.2. The number of halogens is 5. The predicted octanol–water partition coefficient (Wildman–Crippen LogP) is 3.92. The molecule has 32 heavy (non-hydrogen) atoms. The van der Waals surface area contributed by atoms with Gasteiger partial charge in [-0.2, -0.15) is 25.9 Å². The number of alkyl halides is 3. The van der Waals surface area contributed by atoms with Gasteiger partial charge < -0.3 is 5.32 Å². The molecule has 6 nitrogen and oxygen atoms in total. The van der Waals surface area contributed by atoms with Gasteiger partial charge in [0.1, 0.15) is 11.5 Å². The van der Waals surface area contributed by atoms with Crippen molar-refractivity contribution < 1.29 is 26.0 Å². The van der Waals surface area contributed by atoms with Crippen molar-refractivity contribution in [1.29, 1.82) is 0 Å². The van der Waals surface area contributed by atoms with Crippen LogP contribution in [0.5, 0.6) is 0 Å². The largest absolute Gasteiger partial charge is 0.433 e. The van der Waals surface area contributed by atoms with Crippen LogP contribution in [0.2, 0.25) is 5.02 Å². The Labute approximate surface area is 186 Å².